The minimum atomic E-state index is -0.438. The molecule has 0 aliphatic heterocycles. The standard InChI is InChI=1S/C11H10N6O2/c1-16-5-4-10(15-16)14-11-12-8-3-2-7(17(18)19)6-9(8)13-11/h2-6H,1H3,(H2,12,13,14,15). The average Bonchev–Trinajstić information content (AvgIpc) is 2.94. The predicted octanol–water partition coefficient (Wildman–Crippen LogP) is 1.95. The lowest BCUT2D eigenvalue weighted by molar-refractivity contribution is -0.384. The number of non-ortho nitro benzene ring substituents is 1. The second-order valence-corrected chi connectivity index (χ2v) is 4.04. The highest BCUT2D eigenvalue weighted by Crippen LogP contribution is 2.21. The van der Waals surface area contributed by atoms with Gasteiger partial charge in [0, 0.05) is 31.4 Å². The molecule has 0 aliphatic carbocycles. The maximum atomic E-state index is 10.7. The first-order chi connectivity index (χ1) is 9.11. The third-order valence-corrected chi connectivity index (χ3v) is 2.64. The minimum Gasteiger partial charge on any atom is -0.324 e. The Morgan fingerprint density at radius 2 is 2.26 bits per heavy atom. The highest BCUT2D eigenvalue weighted by atomic mass is 16.6. The second-order valence-electron chi connectivity index (χ2n) is 4.04. The maximum absolute atomic E-state index is 10.7. The Balaban J connectivity index is 1.95. The molecule has 8 nitrogen and oxygen atoms in total. The fraction of sp³-hybridized carbons (Fsp3) is 0.0909. The van der Waals surface area contributed by atoms with E-state index >= 15 is 0 Å². The van der Waals surface area contributed by atoms with Gasteiger partial charge in [0.2, 0.25) is 5.95 Å². The van der Waals surface area contributed by atoms with Crippen LogP contribution >= 0.6 is 0 Å². The molecule has 2 aromatic heterocycles. The third kappa shape index (κ3) is 2.10. The van der Waals surface area contributed by atoms with Crippen LogP contribution in [0.3, 0.4) is 0 Å². The van der Waals surface area contributed by atoms with Gasteiger partial charge in [-0.15, -0.1) is 0 Å². The average molecular weight is 258 g/mol. The molecule has 0 bridgehead atoms. The monoisotopic (exact) mass is 258 g/mol. The summed E-state index contributed by atoms with van der Waals surface area (Å²) in [6.07, 6.45) is 1.80. The van der Waals surface area contributed by atoms with Crippen molar-refractivity contribution in [1.82, 2.24) is 19.7 Å². The largest absolute Gasteiger partial charge is 0.324 e. The van der Waals surface area contributed by atoms with E-state index in [1.54, 1.807) is 23.0 Å². The van der Waals surface area contributed by atoms with Crippen molar-refractivity contribution in [3.8, 4) is 0 Å². The van der Waals surface area contributed by atoms with Crippen molar-refractivity contribution in [3.05, 3.63) is 40.6 Å². The summed E-state index contributed by atoms with van der Waals surface area (Å²) in [6.45, 7) is 0. The topological polar surface area (TPSA) is 102 Å². The zero-order valence-electron chi connectivity index (χ0n) is 9.99. The maximum Gasteiger partial charge on any atom is 0.271 e. The van der Waals surface area contributed by atoms with Gasteiger partial charge in [0.15, 0.2) is 5.82 Å². The molecular formula is C11H10N6O2. The Labute approximate surface area is 107 Å². The highest BCUT2D eigenvalue weighted by Gasteiger charge is 2.10. The lowest BCUT2D eigenvalue weighted by Crippen LogP contribution is -1.94. The van der Waals surface area contributed by atoms with E-state index in [0.717, 1.165) is 0 Å². The van der Waals surface area contributed by atoms with E-state index in [1.807, 2.05) is 7.05 Å². The molecule has 0 amide bonds. The van der Waals surface area contributed by atoms with Gasteiger partial charge in [-0.3, -0.25) is 14.8 Å². The van der Waals surface area contributed by atoms with E-state index in [1.165, 1.54) is 12.1 Å². The molecule has 0 unspecified atom stereocenters. The van der Waals surface area contributed by atoms with Crippen molar-refractivity contribution in [1.29, 1.82) is 0 Å². The Morgan fingerprint density at radius 1 is 1.42 bits per heavy atom. The first-order valence-corrected chi connectivity index (χ1v) is 5.53. The summed E-state index contributed by atoms with van der Waals surface area (Å²) < 4.78 is 1.66. The molecule has 0 saturated carbocycles. The van der Waals surface area contributed by atoms with Crippen LogP contribution in [-0.2, 0) is 7.05 Å². The van der Waals surface area contributed by atoms with Crippen molar-refractivity contribution in [3.63, 3.8) is 0 Å². The number of anilines is 2. The van der Waals surface area contributed by atoms with Crippen molar-refractivity contribution < 1.29 is 4.92 Å². The number of aromatic amines is 1. The number of nitro benzene ring substituents is 1. The fourth-order valence-electron chi connectivity index (χ4n) is 1.77. The molecule has 2 heterocycles. The molecule has 19 heavy (non-hydrogen) atoms. The number of aromatic nitrogens is 4. The number of aryl methyl sites for hydroxylation is 1. The first-order valence-electron chi connectivity index (χ1n) is 5.53. The quantitative estimate of drug-likeness (QED) is 0.552. The first kappa shape index (κ1) is 11.2. The molecule has 8 heteroatoms. The van der Waals surface area contributed by atoms with Gasteiger partial charge < -0.3 is 10.3 Å². The van der Waals surface area contributed by atoms with Crippen LogP contribution in [0.5, 0.6) is 0 Å². The van der Waals surface area contributed by atoms with E-state index < -0.39 is 4.92 Å². The van der Waals surface area contributed by atoms with E-state index in [0.29, 0.717) is 22.8 Å². The van der Waals surface area contributed by atoms with E-state index in [2.05, 4.69) is 20.4 Å². The summed E-state index contributed by atoms with van der Waals surface area (Å²) in [5, 5.41) is 17.8. The number of nitrogens with one attached hydrogen (secondary N) is 2. The van der Waals surface area contributed by atoms with Crippen molar-refractivity contribution in [2.45, 2.75) is 0 Å². The van der Waals surface area contributed by atoms with Crippen molar-refractivity contribution in [2.24, 2.45) is 7.05 Å². The molecule has 0 aliphatic rings. The van der Waals surface area contributed by atoms with Gasteiger partial charge in [0.05, 0.1) is 16.0 Å². The summed E-state index contributed by atoms with van der Waals surface area (Å²) in [4.78, 5) is 17.5. The Hall–Kier alpha value is -2.90. The second kappa shape index (κ2) is 4.09. The molecule has 0 spiro atoms. The lowest BCUT2D eigenvalue weighted by Gasteiger charge is -1.95. The molecular weight excluding hydrogens is 248 g/mol. The number of fused-ring (bicyclic) bond motifs is 1. The summed E-state index contributed by atoms with van der Waals surface area (Å²) in [5.74, 6) is 1.14. The fourth-order valence-corrected chi connectivity index (χ4v) is 1.77. The normalized spacial score (nSPS) is 10.8. The number of nitro groups is 1. The molecule has 1 aromatic carbocycles. The number of hydrogen-bond acceptors (Lipinski definition) is 5. The Morgan fingerprint density at radius 3 is 2.95 bits per heavy atom. The Bertz CT molecular complexity index is 759. The molecule has 0 fully saturated rings. The van der Waals surface area contributed by atoms with Gasteiger partial charge in [0.1, 0.15) is 0 Å². The number of imidazole rings is 1. The van der Waals surface area contributed by atoms with Gasteiger partial charge >= 0.3 is 0 Å². The number of nitrogens with zero attached hydrogens (tertiary/aromatic N) is 4. The smallest absolute Gasteiger partial charge is 0.271 e. The van der Waals surface area contributed by atoms with Gasteiger partial charge in [-0.25, -0.2) is 4.98 Å². The van der Waals surface area contributed by atoms with Gasteiger partial charge in [-0.1, -0.05) is 0 Å². The number of hydrogen-bond donors (Lipinski definition) is 2. The summed E-state index contributed by atoms with van der Waals surface area (Å²) >= 11 is 0. The third-order valence-electron chi connectivity index (χ3n) is 2.64. The SMILES string of the molecule is Cn1ccc(Nc2nc3ccc([N+](=O)[O-])cc3[nH]2)n1. The van der Waals surface area contributed by atoms with Gasteiger partial charge in [-0.05, 0) is 6.07 Å². The van der Waals surface area contributed by atoms with Crippen LogP contribution in [-0.4, -0.2) is 24.7 Å². The minimum absolute atomic E-state index is 0.0283. The zero-order chi connectivity index (χ0) is 13.4. The Kier molecular flexibility index (Phi) is 2.41. The molecule has 0 saturated heterocycles. The molecule has 3 aromatic rings. The molecule has 0 radical (unpaired) electrons. The van der Waals surface area contributed by atoms with E-state index in [4.69, 9.17) is 0 Å². The van der Waals surface area contributed by atoms with Crippen LogP contribution in [0.2, 0.25) is 0 Å². The van der Waals surface area contributed by atoms with Crippen LogP contribution in [0, 0.1) is 10.1 Å². The molecule has 2 N–H and O–H groups in total. The van der Waals surface area contributed by atoms with Crippen molar-refractivity contribution in [2.75, 3.05) is 5.32 Å². The molecule has 96 valence electrons. The van der Waals surface area contributed by atoms with Crippen LogP contribution < -0.4 is 5.32 Å². The van der Waals surface area contributed by atoms with E-state index in [9.17, 15) is 10.1 Å². The van der Waals surface area contributed by atoms with Crippen LogP contribution in [0.25, 0.3) is 11.0 Å². The summed E-state index contributed by atoms with van der Waals surface area (Å²) in [5.41, 5.74) is 1.29. The number of H-pyrrole nitrogens is 1. The zero-order valence-corrected chi connectivity index (χ0v) is 9.99. The number of benzene rings is 1. The predicted molar refractivity (Wildman–Crippen MR) is 69.2 cm³/mol. The van der Waals surface area contributed by atoms with Crippen LogP contribution in [0.15, 0.2) is 30.5 Å². The van der Waals surface area contributed by atoms with E-state index in [-0.39, 0.29) is 5.69 Å². The van der Waals surface area contributed by atoms with Gasteiger partial charge in [0.25, 0.3) is 5.69 Å². The summed E-state index contributed by atoms with van der Waals surface area (Å²) in [7, 11) is 1.81. The highest BCUT2D eigenvalue weighted by molar-refractivity contribution is 5.80. The van der Waals surface area contributed by atoms with Crippen molar-refractivity contribution >= 4 is 28.5 Å². The lowest BCUT2D eigenvalue weighted by atomic mass is 10.3. The molecule has 3 rings (SSSR count). The van der Waals surface area contributed by atoms with Gasteiger partial charge in [-0.2, -0.15) is 5.10 Å². The van der Waals surface area contributed by atoms with Crippen LogP contribution in [0.4, 0.5) is 17.5 Å². The number of rotatable bonds is 3. The van der Waals surface area contributed by atoms with Crippen LogP contribution in [0.1, 0.15) is 0 Å². The molecule has 0 atom stereocenters. The summed E-state index contributed by atoms with van der Waals surface area (Å²) in [6, 6.07) is 6.28.